The molecule has 1 unspecified atom stereocenters. The Labute approximate surface area is 173 Å². The van der Waals surface area contributed by atoms with E-state index in [9.17, 15) is 0 Å². The smallest absolute Gasteiger partial charge is 0.173 e. The average molecular weight is 397 g/mol. The van der Waals surface area contributed by atoms with Crippen LogP contribution >= 0.6 is 12.2 Å². The number of thiocarbonyl (C=S) groups is 1. The van der Waals surface area contributed by atoms with Crippen molar-refractivity contribution < 1.29 is 9.47 Å². The van der Waals surface area contributed by atoms with Gasteiger partial charge in [0, 0.05) is 24.8 Å². The zero-order chi connectivity index (χ0) is 19.8. The minimum absolute atomic E-state index is 0.619. The van der Waals surface area contributed by atoms with Gasteiger partial charge in [-0.05, 0) is 67.2 Å². The summed E-state index contributed by atoms with van der Waals surface area (Å²) in [6.45, 7) is 1.70. The van der Waals surface area contributed by atoms with Crippen LogP contribution in [-0.4, -0.2) is 30.8 Å². The number of nitrogens with zero attached hydrogens (tertiary/aromatic N) is 1. The Hall–Kier alpha value is -2.53. The third kappa shape index (κ3) is 5.73. The van der Waals surface area contributed by atoms with Crippen LogP contribution in [0.1, 0.15) is 24.8 Å². The predicted octanol–water partition coefficient (Wildman–Crippen LogP) is 5.26. The highest BCUT2D eigenvalue weighted by Gasteiger charge is 2.18. The van der Waals surface area contributed by atoms with Crippen molar-refractivity contribution in [2.24, 2.45) is 5.92 Å². The fourth-order valence-corrected chi connectivity index (χ4v) is 3.66. The van der Waals surface area contributed by atoms with Crippen LogP contribution in [0.25, 0.3) is 0 Å². The summed E-state index contributed by atoms with van der Waals surface area (Å²) in [7, 11) is 3.36. The first-order chi connectivity index (χ1) is 13.7. The van der Waals surface area contributed by atoms with Crippen LogP contribution in [0.2, 0.25) is 0 Å². The monoisotopic (exact) mass is 396 g/mol. The molecule has 1 aliphatic carbocycles. The molecule has 148 valence electrons. The molecule has 1 atom stereocenters. The maximum atomic E-state index is 5.78. The Bertz CT molecular complexity index is 805. The fourth-order valence-electron chi connectivity index (χ4n) is 3.41. The lowest BCUT2D eigenvalue weighted by Gasteiger charge is -2.31. The summed E-state index contributed by atoms with van der Waals surface area (Å²) in [4.78, 5) is 2.26. The van der Waals surface area contributed by atoms with Gasteiger partial charge in [-0.2, -0.15) is 0 Å². The number of nitrogens with one attached hydrogen (secondary N) is 1. The number of benzene rings is 2. The second kappa shape index (κ2) is 10.1. The van der Waals surface area contributed by atoms with Crippen molar-refractivity contribution in [2.45, 2.75) is 25.8 Å². The Balaban J connectivity index is 1.73. The molecule has 0 bridgehead atoms. The van der Waals surface area contributed by atoms with E-state index >= 15 is 0 Å². The number of rotatable bonds is 7. The number of hydrogen-bond donors (Lipinski definition) is 1. The zero-order valence-corrected chi connectivity index (χ0v) is 17.4. The molecule has 0 heterocycles. The molecule has 2 aromatic rings. The van der Waals surface area contributed by atoms with Gasteiger partial charge in [-0.1, -0.05) is 30.4 Å². The van der Waals surface area contributed by atoms with E-state index in [-0.39, 0.29) is 0 Å². The number of anilines is 1. The Kier molecular flexibility index (Phi) is 7.31. The van der Waals surface area contributed by atoms with Crippen LogP contribution in [0, 0.1) is 5.92 Å². The summed E-state index contributed by atoms with van der Waals surface area (Å²) in [5, 5.41) is 4.12. The normalized spacial score (nSPS) is 15.7. The van der Waals surface area contributed by atoms with E-state index in [2.05, 4.69) is 34.5 Å². The molecule has 0 fully saturated rings. The van der Waals surface area contributed by atoms with Crippen LogP contribution in [0.4, 0.5) is 5.69 Å². The van der Waals surface area contributed by atoms with Crippen molar-refractivity contribution in [3.8, 4) is 11.5 Å². The molecule has 28 heavy (non-hydrogen) atoms. The van der Waals surface area contributed by atoms with Gasteiger partial charge in [0.25, 0.3) is 0 Å². The lowest BCUT2D eigenvalue weighted by atomic mass is 9.94. The largest absolute Gasteiger partial charge is 0.497 e. The lowest BCUT2D eigenvalue weighted by molar-refractivity contribution is 0.319. The topological polar surface area (TPSA) is 33.7 Å². The third-order valence-electron chi connectivity index (χ3n) is 5.00. The molecule has 0 aliphatic heterocycles. The van der Waals surface area contributed by atoms with Gasteiger partial charge in [-0.3, -0.25) is 0 Å². The van der Waals surface area contributed by atoms with Crippen molar-refractivity contribution in [3.05, 3.63) is 66.2 Å². The highest BCUT2D eigenvalue weighted by atomic mass is 32.1. The molecule has 3 rings (SSSR count). The van der Waals surface area contributed by atoms with E-state index < -0.39 is 0 Å². The van der Waals surface area contributed by atoms with Gasteiger partial charge in [-0.25, -0.2) is 0 Å². The molecule has 0 saturated heterocycles. The maximum Gasteiger partial charge on any atom is 0.173 e. The highest BCUT2D eigenvalue weighted by molar-refractivity contribution is 7.80. The van der Waals surface area contributed by atoms with Gasteiger partial charge < -0.3 is 19.7 Å². The minimum atomic E-state index is 0.619. The first kappa shape index (κ1) is 20.2. The molecule has 5 heteroatoms. The SMILES string of the molecule is COc1ccc(CN(CC2CC=CCC2)C(=S)Nc2cccc(OC)c2)cc1. The molecule has 0 saturated carbocycles. The van der Waals surface area contributed by atoms with Crippen molar-refractivity contribution in [1.82, 2.24) is 4.90 Å². The summed E-state index contributed by atoms with van der Waals surface area (Å²) in [6.07, 6.45) is 8.03. The van der Waals surface area contributed by atoms with Crippen molar-refractivity contribution in [3.63, 3.8) is 0 Å². The zero-order valence-electron chi connectivity index (χ0n) is 16.6. The van der Waals surface area contributed by atoms with E-state index in [1.165, 1.54) is 12.0 Å². The van der Waals surface area contributed by atoms with Crippen LogP contribution in [0.3, 0.4) is 0 Å². The molecule has 0 radical (unpaired) electrons. The summed E-state index contributed by atoms with van der Waals surface area (Å²) in [6, 6.07) is 16.0. The third-order valence-corrected chi connectivity index (χ3v) is 5.36. The molecular weight excluding hydrogens is 368 g/mol. The number of hydrogen-bond acceptors (Lipinski definition) is 3. The molecular formula is C23H28N2O2S. The van der Waals surface area contributed by atoms with E-state index in [1.807, 2.05) is 36.4 Å². The quantitative estimate of drug-likeness (QED) is 0.510. The van der Waals surface area contributed by atoms with Crippen LogP contribution in [0.5, 0.6) is 11.5 Å². The van der Waals surface area contributed by atoms with Crippen LogP contribution in [-0.2, 0) is 6.54 Å². The molecule has 0 aromatic heterocycles. The van der Waals surface area contributed by atoms with Crippen LogP contribution < -0.4 is 14.8 Å². The second-order valence-corrected chi connectivity index (χ2v) is 7.43. The Morgan fingerprint density at radius 2 is 1.86 bits per heavy atom. The van der Waals surface area contributed by atoms with Gasteiger partial charge >= 0.3 is 0 Å². The average Bonchev–Trinajstić information content (AvgIpc) is 2.74. The van der Waals surface area contributed by atoms with E-state index in [0.29, 0.717) is 5.92 Å². The molecule has 0 spiro atoms. The number of methoxy groups -OCH3 is 2. The van der Waals surface area contributed by atoms with E-state index in [0.717, 1.165) is 48.2 Å². The Morgan fingerprint density at radius 3 is 2.54 bits per heavy atom. The van der Waals surface area contributed by atoms with Crippen LogP contribution in [0.15, 0.2) is 60.7 Å². The first-order valence-corrected chi connectivity index (χ1v) is 10.1. The summed E-state index contributed by atoms with van der Waals surface area (Å²) < 4.78 is 10.6. The van der Waals surface area contributed by atoms with Crippen molar-refractivity contribution in [1.29, 1.82) is 0 Å². The summed E-state index contributed by atoms with van der Waals surface area (Å²) in [5.74, 6) is 2.30. The summed E-state index contributed by atoms with van der Waals surface area (Å²) >= 11 is 5.78. The summed E-state index contributed by atoms with van der Waals surface area (Å²) in [5.41, 5.74) is 2.15. The fraction of sp³-hybridized carbons (Fsp3) is 0.348. The standard InChI is InChI=1S/C23H28N2O2S/c1-26-21-13-11-19(12-14-21)17-25(16-18-7-4-3-5-8-18)23(28)24-20-9-6-10-22(15-20)27-2/h3-4,6,9-15,18H,5,7-8,16-17H2,1-2H3,(H,24,28). The minimum Gasteiger partial charge on any atom is -0.497 e. The Morgan fingerprint density at radius 1 is 1.07 bits per heavy atom. The molecule has 2 aromatic carbocycles. The van der Waals surface area contributed by atoms with E-state index in [4.69, 9.17) is 21.7 Å². The number of allylic oxidation sites excluding steroid dienone is 2. The highest BCUT2D eigenvalue weighted by Crippen LogP contribution is 2.23. The maximum absolute atomic E-state index is 5.78. The van der Waals surface area contributed by atoms with E-state index in [1.54, 1.807) is 14.2 Å². The predicted molar refractivity (Wildman–Crippen MR) is 119 cm³/mol. The van der Waals surface area contributed by atoms with Gasteiger partial charge in [-0.15, -0.1) is 0 Å². The van der Waals surface area contributed by atoms with Gasteiger partial charge in [0.1, 0.15) is 11.5 Å². The number of ether oxygens (including phenoxy) is 2. The van der Waals surface area contributed by atoms with Crippen molar-refractivity contribution >= 4 is 23.0 Å². The molecule has 1 N–H and O–H groups in total. The van der Waals surface area contributed by atoms with Gasteiger partial charge in [0.15, 0.2) is 5.11 Å². The van der Waals surface area contributed by atoms with Gasteiger partial charge in [0.2, 0.25) is 0 Å². The molecule has 1 aliphatic rings. The van der Waals surface area contributed by atoms with Crippen molar-refractivity contribution in [2.75, 3.05) is 26.1 Å². The van der Waals surface area contributed by atoms with Gasteiger partial charge in [0.05, 0.1) is 14.2 Å². The molecule has 0 amide bonds. The second-order valence-electron chi connectivity index (χ2n) is 7.04. The molecule has 4 nitrogen and oxygen atoms in total. The lowest BCUT2D eigenvalue weighted by Crippen LogP contribution is -2.38. The first-order valence-electron chi connectivity index (χ1n) is 9.66.